The van der Waals surface area contributed by atoms with E-state index in [4.69, 9.17) is 16.6 Å². The molecule has 0 atom stereocenters. The van der Waals surface area contributed by atoms with Gasteiger partial charge < -0.3 is 4.98 Å². The Hall–Kier alpha value is -7.44. The molecule has 6 heteroatoms. The summed E-state index contributed by atoms with van der Waals surface area (Å²) in [5.41, 5.74) is 13.5. The predicted molar refractivity (Wildman–Crippen MR) is 257 cm³/mol. The molecule has 4 nitrogen and oxygen atoms in total. The van der Waals surface area contributed by atoms with Gasteiger partial charge in [0.05, 0.1) is 5.52 Å². The summed E-state index contributed by atoms with van der Waals surface area (Å²) in [6.45, 7) is 0. The zero-order valence-corrected chi connectivity index (χ0v) is 34.2. The van der Waals surface area contributed by atoms with Gasteiger partial charge in [-0.3, -0.25) is 0 Å². The second-order valence-corrected chi connectivity index (χ2v) is 16.8. The number of benzene rings is 9. The third kappa shape index (κ3) is 6.09. The molecule has 3 aromatic heterocycles. The second kappa shape index (κ2) is 14.4. The molecule has 3 heterocycles. The molecule has 0 saturated carbocycles. The van der Waals surface area contributed by atoms with Gasteiger partial charge in [0.2, 0.25) is 5.28 Å². The Bertz CT molecular complexity index is 3630. The summed E-state index contributed by atoms with van der Waals surface area (Å²) in [5, 5.41) is 7.80. The molecular formula is C55H33ClN4S. The van der Waals surface area contributed by atoms with Gasteiger partial charge in [0.25, 0.3) is 0 Å². The van der Waals surface area contributed by atoms with Gasteiger partial charge >= 0.3 is 0 Å². The number of thiophene rings is 1. The van der Waals surface area contributed by atoms with E-state index in [9.17, 15) is 0 Å². The van der Waals surface area contributed by atoms with Crippen LogP contribution in [0.3, 0.4) is 0 Å². The van der Waals surface area contributed by atoms with Gasteiger partial charge in [-0.05, 0) is 67.9 Å². The molecule has 0 unspecified atom stereocenters. The Balaban J connectivity index is 0.849. The van der Waals surface area contributed by atoms with Crippen LogP contribution in [-0.4, -0.2) is 19.9 Å². The van der Waals surface area contributed by atoms with Crippen LogP contribution in [0.1, 0.15) is 0 Å². The van der Waals surface area contributed by atoms with Crippen LogP contribution in [0.2, 0.25) is 5.28 Å². The molecule has 0 radical (unpaired) electrons. The van der Waals surface area contributed by atoms with E-state index in [1.165, 1.54) is 69.5 Å². The Morgan fingerprint density at radius 3 is 1.57 bits per heavy atom. The topological polar surface area (TPSA) is 54.5 Å². The normalized spacial score (nSPS) is 11.7. The van der Waals surface area contributed by atoms with Crippen LogP contribution in [0.4, 0.5) is 0 Å². The van der Waals surface area contributed by atoms with Crippen molar-refractivity contribution >= 4 is 75.7 Å². The molecule has 61 heavy (non-hydrogen) atoms. The fourth-order valence-corrected chi connectivity index (χ4v) is 10.3. The molecule has 0 amide bonds. The third-order valence-electron chi connectivity index (χ3n) is 11.9. The van der Waals surface area contributed by atoms with Crippen LogP contribution in [0, 0.1) is 0 Å². The first-order valence-corrected chi connectivity index (χ1v) is 21.5. The summed E-state index contributed by atoms with van der Waals surface area (Å²) in [7, 11) is 0. The highest BCUT2D eigenvalue weighted by Crippen LogP contribution is 2.46. The largest absolute Gasteiger partial charge is 0.354 e. The second-order valence-electron chi connectivity index (χ2n) is 15.4. The van der Waals surface area contributed by atoms with E-state index >= 15 is 0 Å². The number of aromatic nitrogens is 4. The maximum absolute atomic E-state index is 6.45. The summed E-state index contributed by atoms with van der Waals surface area (Å²) in [4.78, 5) is 17.5. The summed E-state index contributed by atoms with van der Waals surface area (Å²) in [5.74, 6) is 1.08. The Kier molecular flexibility index (Phi) is 8.37. The van der Waals surface area contributed by atoms with Crippen molar-refractivity contribution in [1.29, 1.82) is 0 Å². The molecular weight excluding hydrogens is 784 g/mol. The third-order valence-corrected chi connectivity index (χ3v) is 13.3. The van der Waals surface area contributed by atoms with Gasteiger partial charge in [-0.25, -0.2) is 4.98 Å². The van der Waals surface area contributed by atoms with Gasteiger partial charge in [-0.2, -0.15) is 9.97 Å². The standard InChI is InChI=1S/C55H33ClN4S/c56-55-59-53(38-27-21-34(22-28-38)33-9-2-1-3-10-33)58-54(60-55)39-29-23-36(24-30-39)35-19-25-37(26-20-35)40-12-6-13-43-41(40)31-32-49-50(43)47-17-8-16-46(52(47)61-49)45-15-7-14-44-42-11-4-5-18-48(42)57-51(44)45/h1-32,57H. The number of nitrogens with zero attached hydrogens (tertiary/aromatic N) is 3. The smallest absolute Gasteiger partial charge is 0.226 e. The van der Waals surface area contributed by atoms with Crippen molar-refractivity contribution in [3.05, 3.63) is 199 Å². The zero-order valence-electron chi connectivity index (χ0n) is 32.6. The van der Waals surface area contributed by atoms with Crippen LogP contribution in [0.5, 0.6) is 0 Å². The molecule has 0 aliphatic carbocycles. The molecule has 1 N–H and O–H groups in total. The van der Waals surface area contributed by atoms with Gasteiger partial charge in [0.15, 0.2) is 11.6 Å². The van der Waals surface area contributed by atoms with E-state index in [0.29, 0.717) is 11.6 Å². The first-order valence-electron chi connectivity index (χ1n) is 20.3. The van der Waals surface area contributed by atoms with E-state index in [2.05, 4.69) is 167 Å². The minimum absolute atomic E-state index is 0.164. The lowest BCUT2D eigenvalue weighted by Crippen LogP contribution is -1.97. The number of halogens is 1. The first kappa shape index (κ1) is 35.5. The molecule has 0 fully saturated rings. The van der Waals surface area contributed by atoms with E-state index in [1.54, 1.807) is 0 Å². The summed E-state index contributed by atoms with van der Waals surface area (Å²) < 4.78 is 2.60. The van der Waals surface area contributed by atoms with Gasteiger partial charge in [0.1, 0.15) is 0 Å². The molecule has 286 valence electrons. The molecule has 0 bridgehead atoms. The molecule has 9 aromatic carbocycles. The Labute approximate surface area is 360 Å². The van der Waals surface area contributed by atoms with Crippen LogP contribution in [0.25, 0.3) is 120 Å². The number of hydrogen-bond acceptors (Lipinski definition) is 4. The lowest BCUT2D eigenvalue weighted by Gasteiger charge is -2.10. The summed E-state index contributed by atoms with van der Waals surface area (Å²) in [6.07, 6.45) is 0. The van der Waals surface area contributed by atoms with Crippen LogP contribution < -0.4 is 0 Å². The average Bonchev–Trinajstić information content (AvgIpc) is 3.91. The van der Waals surface area contributed by atoms with Crippen molar-refractivity contribution in [1.82, 2.24) is 19.9 Å². The number of H-pyrrole nitrogens is 1. The van der Waals surface area contributed by atoms with Crippen LogP contribution >= 0.6 is 22.9 Å². The highest BCUT2D eigenvalue weighted by Gasteiger charge is 2.17. The Morgan fingerprint density at radius 2 is 0.885 bits per heavy atom. The first-order chi connectivity index (χ1) is 30.1. The van der Waals surface area contributed by atoms with Gasteiger partial charge in [-0.15, -0.1) is 11.3 Å². The molecule has 12 rings (SSSR count). The number of fused-ring (bicyclic) bond motifs is 8. The van der Waals surface area contributed by atoms with E-state index < -0.39 is 0 Å². The van der Waals surface area contributed by atoms with Crippen molar-refractivity contribution in [2.45, 2.75) is 0 Å². The van der Waals surface area contributed by atoms with E-state index in [1.807, 2.05) is 53.8 Å². The van der Waals surface area contributed by atoms with Crippen molar-refractivity contribution in [3.8, 4) is 67.3 Å². The van der Waals surface area contributed by atoms with Gasteiger partial charge in [-0.1, -0.05) is 182 Å². The van der Waals surface area contributed by atoms with Crippen LogP contribution in [-0.2, 0) is 0 Å². The molecule has 0 aliphatic heterocycles. The number of hydrogen-bond donors (Lipinski definition) is 1. The number of aromatic amines is 1. The minimum Gasteiger partial charge on any atom is -0.354 e. The van der Waals surface area contributed by atoms with Crippen molar-refractivity contribution < 1.29 is 0 Å². The van der Waals surface area contributed by atoms with Crippen molar-refractivity contribution in [2.75, 3.05) is 0 Å². The highest BCUT2D eigenvalue weighted by atomic mass is 35.5. The Morgan fingerprint density at radius 1 is 0.361 bits per heavy atom. The quantitative estimate of drug-likeness (QED) is 0.182. The number of rotatable bonds is 6. The fraction of sp³-hybridized carbons (Fsp3) is 0. The average molecular weight is 817 g/mol. The van der Waals surface area contributed by atoms with Crippen molar-refractivity contribution in [2.24, 2.45) is 0 Å². The summed E-state index contributed by atoms with van der Waals surface area (Å²) >= 11 is 8.33. The SMILES string of the molecule is Clc1nc(-c2ccc(-c3ccccc3)cc2)nc(-c2ccc(-c3ccc(-c4cccc5c4ccc4sc6c(-c7cccc8c7[nH]c7ccccc78)cccc6c45)cc3)cc2)n1. The molecule has 12 aromatic rings. The number of para-hydroxylation sites is 2. The predicted octanol–water partition coefficient (Wildman–Crippen LogP) is 15.7. The summed E-state index contributed by atoms with van der Waals surface area (Å²) in [6, 6.07) is 69.0. The molecule has 0 saturated heterocycles. The monoisotopic (exact) mass is 816 g/mol. The zero-order chi connectivity index (χ0) is 40.4. The fourth-order valence-electron chi connectivity index (χ4n) is 8.92. The van der Waals surface area contributed by atoms with Crippen molar-refractivity contribution in [3.63, 3.8) is 0 Å². The highest BCUT2D eigenvalue weighted by molar-refractivity contribution is 7.26. The minimum atomic E-state index is 0.164. The molecule has 0 spiro atoms. The molecule has 0 aliphatic rings. The van der Waals surface area contributed by atoms with Crippen LogP contribution in [0.15, 0.2) is 194 Å². The maximum atomic E-state index is 6.45. The van der Waals surface area contributed by atoms with Gasteiger partial charge in [0, 0.05) is 58.7 Å². The maximum Gasteiger partial charge on any atom is 0.226 e. The lowest BCUT2D eigenvalue weighted by atomic mass is 9.93. The van der Waals surface area contributed by atoms with E-state index in [0.717, 1.165) is 38.9 Å². The lowest BCUT2D eigenvalue weighted by molar-refractivity contribution is 1.07. The van der Waals surface area contributed by atoms with E-state index in [-0.39, 0.29) is 5.28 Å². The number of nitrogens with one attached hydrogen (secondary N) is 1.